The molecule has 1 N–H and O–H groups in total. The number of rotatable bonds is 6. The van der Waals surface area contributed by atoms with Crippen molar-refractivity contribution < 1.29 is 9.13 Å². The van der Waals surface area contributed by atoms with Crippen LogP contribution in [0.5, 0.6) is 0 Å². The molecule has 1 aliphatic carbocycles. The molecule has 1 fully saturated rings. The van der Waals surface area contributed by atoms with Crippen LogP contribution in [-0.2, 0) is 4.74 Å². The standard InChI is InChI=1S/C18H28FNO/c1-13(2)20-12-18(16-6-4-5-7-17(16)19)21-15-10-8-14(3)9-11-15/h4-7,13-15,18,20H,8-12H2,1-3H3. The SMILES string of the molecule is CC1CCC(OC(CNC(C)C)c2ccccc2F)CC1. The summed E-state index contributed by atoms with van der Waals surface area (Å²) in [7, 11) is 0. The van der Waals surface area contributed by atoms with Crippen LogP contribution in [0.25, 0.3) is 0 Å². The minimum atomic E-state index is -0.202. The van der Waals surface area contributed by atoms with Gasteiger partial charge in [-0.05, 0) is 37.7 Å². The van der Waals surface area contributed by atoms with Crippen LogP contribution in [0.3, 0.4) is 0 Å². The minimum Gasteiger partial charge on any atom is -0.369 e. The van der Waals surface area contributed by atoms with Gasteiger partial charge in [-0.1, -0.05) is 39.0 Å². The minimum absolute atomic E-state index is 0.169. The van der Waals surface area contributed by atoms with Gasteiger partial charge in [0.2, 0.25) is 0 Å². The van der Waals surface area contributed by atoms with Crippen molar-refractivity contribution in [1.29, 1.82) is 0 Å². The molecule has 0 aromatic heterocycles. The lowest BCUT2D eigenvalue weighted by atomic mass is 9.89. The van der Waals surface area contributed by atoms with Crippen LogP contribution in [0.1, 0.15) is 58.1 Å². The predicted octanol–water partition coefficient (Wildman–Crippen LogP) is 4.46. The van der Waals surface area contributed by atoms with Crippen molar-refractivity contribution in [2.45, 2.75) is 64.7 Å². The molecule has 2 rings (SSSR count). The molecule has 1 unspecified atom stereocenters. The summed E-state index contributed by atoms with van der Waals surface area (Å²) in [6.45, 7) is 7.15. The lowest BCUT2D eigenvalue weighted by Gasteiger charge is -2.31. The Labute approximate surface area is 128 Å². The molecule has 0 heterocycles. The highest BCUT2D eigenvalue weighted by atomic mass is 19.1. The zero-order valence-corrected chi connectivity index (χ0v) is 13.4. The van der Waals surface area contributed by atoms with Gasteiger partial charge in [0, 0.05) is 18.2 Å². The predicted molar refractivity (Wildman–Crippen MR) is 84.8 cm³/mol. The van der Waals surface area contributed by atoms with E-state index in [4.69, 9.17) is 4.74 Å². The van der Waals surface area contributed by atoms with E-state index in [1.807, 2.05) is 12.1 Å². The molecule has 1 atom stereocenters. The van der Waals surface area contributed by atoms with Gasteiger partial charge >= 0.3 is 0 Å². The van der Waals surface area contributed by atoms with Gasteiger partial charge in [0.05, 0.1) is 12.2 Å². The summed E-state index contributed by atoms with van der Waals surface area (Å²) in [6, 6.07) is 7.34. The van der Waals surface area contributed by atoms with E-state index >= 15 is 0 Å². The summed E-state index contributed by atoms with van der Waals surface area (Å²) in [6.07, 6.45) is 4.67. The van der Waals surface area contributed by atoms with E-state index in [0.717, 1.165) is 18.8 Å². The van der Waals surface area contributed by atoms with Gasteiger partial charge in [0.1, 0.15) is 5.82 Å². The Bertz CT molecular complexity index is 427. The third kappa shape index (κ3) is 5.08. The monoisotopic (exact) mass is 293 g/mol. The van der Waals surface area contributed by atoms with Gasteiger partial charge in [-0.2, -0.15) is 0 Å². The largest absolute Gasteiger partial charge is 0.369 e. The molecule has 0 bridgehead atoms. The lowest BCUT2D eigenvalue weighted by molar-refractivity contribution is -0.0383. The molecule has 1 saturated carbocycles. The molecule has 0 amide bonds. The first-order valence-corrected chi connectivity index (χ1v) is 8.19. The quantitative estimate of drug-likeness (QED) is 0.836. The molecule has 2 nitrogen and oxygen atoms in total. The number of ether oxygens (including phenoxy) is 1. The molecule has 3 heteroatoms. The van der Waals surface area contributed by atoms with Gasteiger partial charge in [0.15, 0.2) is 0 Å². The summed E-state index contributed by atoms with van der Waals surface area (Å²) in [5, 5.41) is 3.38. The highest BCUT2D eigenvalue weighted by molar-refractivity contribution is 5.20. The first-order chi connectivity index (χ1) is 10.1. The van der Waals surface area contributed by atoms with Crippen LogP contribution in [0.2, 0.25) is 0 Å². The van der Waals surface area contributed by atoms with E-state index in [0.29, 0.717) is 18.2 Å². The Morgan fingerprint density at radius 3 is 2.48 bits per heavy atom. The fourth-order valence-electron chi connectivity index (χ4n) is 2.91. The van der Waals surface area contributed by atoms with E-state index in [-0.39, 0.29) is 18.0 Å². The maximum absolute atomic E-state index is 14.1. The van der Waals surface area contributed by atoms with Crippen LogP contribution in [0, 0.1) is 11.7 Å². The van der Waals surface area contributed by atoms with Gasteiger partial charge in [0.25, 0.3) is 0 Å². The molecule has 0 spiro atoms. The number of halogens is 1. The van der Waals surface area contributed by atoms with Crippen molar-refractivity contribution in [2.24, 2.45) is 5.92 Å². The third-order valence-corrected chi connectivity index (χ3v) is 4.28. The topological polar surface area (TPSA) is 21.3 Å². The average Bonchev–Trinajstić information content (AvgIpc) is 2.46. The Balaban J connectivity index is 2.03. The van der Waals surface area contributed by atoms with Gasteiger partial charge < -0.3 is 10.1 Å². The first kappa shape index (κ1) is 16.4. The number of nitrogens with one attached hydrogen (secondary N) is 1. The first-order valence-electron chi connectivity index (χ1n) is 8.19. The number of hydrogen-bond donors (Lipinski definition) is 1. The molecule has 0 saturated heterocycles. The molecular formula is C18H28FNO. The summed E-state index contributed by atoms with van der Waals surface area (Å²) in [5.41, 5.74) is 0.671. The highest BCUT2D eigenvalue weighted by Crippen LogP contribution is 2.30. The van der Waals surface area contributed by atoms with Crippen molar-refractivity contribution in [3.8, 4) is 0 Å². The highest BCUT2D eigenvalue weighted by Gasteiger charge is 2.24. The zero-order chi connectivity index (χ0) is 15.2. The van der Waals surface area contributed by atoms with Crippen molar-refractivity contribution in [1.82, 2.24) is 5.32 Å². The van der Waals surface area contributed by atoms with Crippen LogP contribution >= 0.6 is 0 Å². The number of hydrogen-bond acceptors (Lipinski definition) is 2. The Kier molecular flexibility index (Phi) is 6.19. The van der Waals surface area contributed by atoms with Crippen LogP contribution in [0.15, 0.2) is 24.3 Å². The second-order valence-electron chi connectivity index (χ2n) is 6.59. The second kappa shape index (κ2) is 7.90. The summed E-state index contributed by atoms with van der Waals surface area (Å²) >= 11 is 0. The fraction of sp³-hybridized carbons (Fsp3) is 0.667. The molecular weight excluding hydrogens is 265 g/mol. The van der Waals surface area contributed by atoms with E-state index < -0.39 is 0 Å². The van der Waals surface area contributed by atoms with Crippen LogP contribution in [-0.4, -0.2) is 18.7 Å². The lowest BCUT2D eigenvalue weighted by Crippen LogP contribution is -2.32. The maximum atomic E-state index is 14.1. The fourth-order valence-corrected chi connectivity index (χ4v) is 2.91. The summed E-state index contributed by atoms with van der Waals surface area (Å²) in [5.74, 6) is 0.628. The van der Waals surface area contributed by atoms with E-state index in [1.165, 1.54) is 18.9 Å². The molecule has 0 radical (unpaired) electrons. The molecule has 1 aromatic rings. The molecule has 1 aromatic carbocycles. The van der Waals surface area contributed by atoms with Gasteiger partial charge in [-0.15, -0.1) is 0 Å². The van der Waals surface area contributed by atoms with Gasteiger partial charge in [-0.25, -0.2) is 4.39 Å². The van der Waals surface area contributed by atoms with Gasteiger partial charge in [-0.3, -0.25) is 0 Å². The van der Waals surface area contributed by atoms with Crippen molar-refractivity contribution in [3.05, 3.63) is 35.6 Å². The Hall–Kier alpha value is -0.930. The second-order valence-corrected chi connectivity index (χ2v) is 6.59. The third-order valence-electron chi connectivity index (χ3n) is 4.28. The maximum Gasteiger partial charge on any atom is 0.129 e. The van der Waals surface area contributed by atoms with E-state index in [1.54, 1.807) is 6.07 Å². The number of benzene rings is 1. The molecule has 0 aliphatic heterocycles. The molecule has 21 heavy (non-hydrogen) atoms. The van der Waals surface area contributed by atoms with Crippen molar-refractivity contribution in [3.63, 3.8) is 0 Å². The Morgan fingerprint density at radius 2 is 1.86 bits per heavy atom. The summed E-state index contributed by atoms with van der Waals surface area (Å²) < 4.78 is 20.3. The Morgan fingerprint density at radius 1 is 1.19 bits per heavy atom. The molecule has 1 aliphatic rings. The van der Waals surface area contributed by atoms with Crippen molar-refractivity contribution >= 4 is 0 Å². The van der Waals surface area contributed by atoms with Crippen molar-refractivity contribution in [2.75, 3.05) is 6.54 Å². The smallest absolute Gasteiger partial charge is 0.129 e. The zero-order valence-electron chi connectivity index (χ0n) is 13.4. The van der Waals surface area contributed by atoms with E-state index in [9.17, 15) is 4.39 Å². The van der Waals surface area contributed by atoms with Crippen LogP contribution < -0.4 is 5.32 Å². The van der Waals surface area contributed by atoms with E-state index in [2.05, 4.69) is 26.1 Å². The summed E-state index contributed by atoms with van der Waals surface area (Å²) in [4.78, 5) is 0. The average molecular weight is 293 g/mol. The normalized spacial score (nSPS) is 24.2. The van der Waals surface area contributed by atoms with Crippen LogP contribution in [0.4, 0.5) is 4.39 Å². The molecule has 118 valence electrons.